The van der Waals surface area contributed by atoms with Crippen molar-refractivity contribution in [2.24, 2.45) is 0 Å². The maximum absolute atomic E-state index is 12.5. The van der Waals surface area contributed by atoms with Crippen molar-refractivity contribution in [1.82, 2.24) is 15.1 Å². The molecule has 116 valence electrons. The molecule has 1 saturated heterocycles. The second-order valence-corrected chi connectivity index (χ2v) is 5.35. The summed E-state index contributed by atoms with van der Waals surface area (Å²) in [5.74, 6) is 0.114. The van der Waals surface area contributed by atoms with Crippen LogP contribution >= 0.6 is 0 Å². The number of piperazine rings is 1. The van der Waals surface area contributed by atoms with Gasteiger partial charge >= 0.3 is 0 Å². The molecule has 1 heterocycles. The van der Waals surface area contributed by atoms with Gasteiger partial charge in [0.25, 0.3) is 6.43 Å². The fourth-order valence-corrected chi connectivity index (χ4v) is 2.38. The molecule has 0 aromatic heterocycles. The Morgan fingerprint density at radius 1 is 1.29 bits per heavy atom. The van der Waals surface area contributed by atoms with Crippen LogP contribution in [0.4, 0.5) is 8.78 Å². The molecule has 1 amide bonds. The summed E-state index contributed by atoms with van der Waals surface area (Å²) in [4.78, 5) is 15.9. The van der Waals surface area contributed by atoms with Crippen molar-refractivity contribution in [1.29, 1.82) is 0 Å². The topological polar surface area (TPSA) is 35.6 Å². The summed E-state index contributed by atoms with van der Waals surface area (Å²) >= 11 is 0. The standard InChI is InChI=1S/C15H21F2N3O/c1-19(11-14(21)20-8-6-18-7-9-20)10-12-2-4-13(5-3-12)15(16)17/h2-5,15,18H,6-11H2,1H3. The minimum atomic E-state index is -2.44. The first kappa shape index (κ1) is 15.9. The van der Waals surface area contributed by atoms with Crippen molar-refractivity contribution in [3.05, 3.63) is 35.4 Å². The van der Waals surface area contributed by atoms with Gasteiger partial charge in [0.2, 0.25) is 5.91 Å². The molecular formula is C15H21F2N3O. The summed E-state index contributed by atoms with van der Waals surface area (Å²) in [6, 6.07) is 6.25. The number of likely N-dealkylation sites (N-methyl/N-ethyl adjacent to an activating group) is 1. The molecule has 6 heteroatoms. The summed E-state index contributed by atoms with van der Waals surface area (Å²) in [7, 11) is 1.86. The Bertz CT molecular complexity index is 458. The van der Waals surface area contributed by atoms with E-state index >= 15 is 0 Å². The number of amides is 1. The van der Waals surface area contributed by atoms with Crippen LogP contribution in [0.3, 0.4) is 0 Å². The molecule has 0 saturated carbocycles. The van der Waals surface area contributed by atoms with Crippen LogP contribution in [0.5, 0.6) is 0 Å². The maximum atomic E-state index is 12.5. The summed E-state index contributed by atoms with van der Waals surface area (Å²) in [6.07, 6.45) is -2.44. The molecule has 0 atom stereocenters. The Morgan fingerprint density at radius 2 is 1.90 bits per heavy atom. The van der Waals surface area contributed by atoms with Gasteiger partial charge < -0.3 is 10.2 Å². The monoisotopic (exact) mass is 297 g/mol. The molecule has 1 N–H and O–H groups in total. The van der Waals surface area contributed by atoms with E-state index in [9.17, 15) is 13.6 Å². The number of alkyl halides is 2. The highest BCUT2D eigenvalue weighted by molar-refractivity contribution is 5.78. The van der Waals surface area contributed by atoms with Crippen molar-refractivity contribution in [2.45, 2.75) is 13.0 Å². The molecule has 0 unspecified atom stereocenters. The van der Waals surface area contributed by atoms with Crippen LogP contribution in [0.15, 0.2) is 24.3 Å². The highest BCUT2D eigenvalue weighted by Crippen LogP contribution is 2.19. The Labute approximate surface area is 123 Å². The smallest absolute Gasteiger partial charge is 0.263 e. The number of benzene rings is 1. The van der Waals surface area contributed by atoms with Crippen LogP contribution in [0.1, 0.15) is 17.6 Å². The van der Waals surface area contributed by atoms with Crippen LogP contribution < -0.4 is 5.32 Å². The van der Waals surface area contributed by atoms with E-state index < -0.39 is 6.43 Å². The molecule has 4 nitrogen and oxygen atoms in total. The lowest BCUT2D eigenvalue weighted by atomic mass is 10.1. The van der Waals surface area contributed by atoms with Gasteiger partial charge in [-0.2, -0.15) is 0 Å². The maximum Gasteiger partial charge on any atom is 0.263 e. The zero-order valence-corrected chi connectivity index (χ0v) is 12.2. The Morgan fingerprint density at radius 3 is 2.48 bits per heavy atom. The molecular weight excluding hydrogens is 276 g/mol. The first-order chi connectivity index (χ1) is 10.1. The fraction of sp³-hybridized carbons (Fsp3) is 0.533. The van der Waals surface area contributed by atoms with E-state index in [-0.39, 0.29) is 11.5 Å². The lowest BCUT2D eigenvalue weighted by Gasteiger charge is -2.29. The Hall–Kier alpha value is -1.53. The van der Waals surface area contributed by atoms with Gasteiger partial charge in [-0.1, -0.05) is 24.3 Å². The molecule has 1 fully saturated rings. The quantitative estimate of drug-likeness (QED) is 0.894. The first-order valence-corrected chi connectivity index (χ1v) is 7.10. The fourth-order valence-electron chi connectivity index (χ4n) is 2.38. The minimum Gasteiger partial charge on any atom is -0.339 e. The third-order valence-electron chi connectivity index (χ3n) is 3.56. The number of carbonyl (C=O) groups excluding carboxylic acids is 1. The summed E-state index contributed by atoms with van der Waals surface area (Å²) in [5.41, 5.74) is 0.952. The van der Waals surface area contributed by atoms with Crippen LogP contribution in [-0.2, 0) is 11.3 Å². The van der Waals surface area contributed by atoms with Crippen molar-refractivity contribution in [2.75, 3.05) is 39.8 Å². The lowest BCUT2D eigenvalue weighted by Crippen LogP contribution is -2.49. The van der Waals surface area contributed by atoms with Crippen LogP contribution in [0, 0.1) is 0 Å². The molecule has 1 aliphatic rings. The lowest BCUT2D eigenvalue weighted by molar-refractivity contribution is -0.132. The number of nitrogens with one attached hydrogen (secondary N) is 1. The zero-order valence-electron chi connectivity index (χ0n) is 12.2. The number of nitrogens with zero attached hydrogens (tertiary/aromatic N) is 2. The normalized spacial score (nSPS) is 15.8. The molecule has 0 radical (unpaired) electrons. The predicted octanol–water partition coefficient (Wildman–Crippen LogP) is 1.49. The number of hydrogen-bond acceptors (Lipinski definition) is 3. The SMILES string of the molecule is CN(CC(=O)N1CCNCC1)Cc1ccc(C(F)F)cc1. The van der Waals surface area contributed by atoms with Crippen LogP contribution in [-0.4, -0.2) is 55.5 Å². The van der Waals surface area contributed by atoms with E-state index in [2.05, 4.69) is 5.32 Å². The molecule has 0 aliphatic carbocycles. The minimum absolute atomic E-state index is 0.0262. The molecule has 2 rings (SSSR count). The molecule has 21 heavy (non-hydrogen) atoms. The second kappa shape index (κ2) is 7.47. The van der Waals surface area contributed by atoms with E-state index in [1.807, 2.05) is 16.8 Å². The van der Waals surface area contributed by atoms with Crippen molar-refractivity contribution in [3.63, 3.8) is 0 Å². The van der Waals surface area contributed by atoms with Crippen LogP contribution in [0.25, 0.3) is 0 Å². The van der Waals surface area contributed by atoms with Gasteiger partial charge in [-0.25, -0.2) is 8.78 Å². The number of rotatable bonds is 5. The highest BCUT2D eigenvalue weighted by atomic mass is 19.3. The first-order valence-electron chi connectivity index (χ1n) is 7.10. The number of halogens is 2. The summed E-state index contributed by atoms with van der Waals surface area (Å²) < 4.78 is 24.9. The van der Waals surface area contributed by atoms with E-state index in [1.165, 1.54) is 12.1 Å². The van der Waals surface area contributed by atoms with E-state index in [0.717, 1.165) is 31.7 Å². The zero-order chi connectivity index (χ0) is 15.2. The Kier molecular flexibility index (Phi) is 5.64. The summed E-state index contributed by atoms with van der Waals surface area (Å²) in [5, 5.41) is 3.21. The average Bonchev–Trinajstić information content (AvgIpc) is 2.48. The number of hydrogen-bond donors (Lipinski definition) is 1. The number of carbonyl (C=O) groups is 1. The third-order valence-corrected chi connectivity index (χ3v) is 3.56. The van der Waals surface area contributed by atoms with Gasteiger partial charge in [0, 0.05) is 38.3 Å². The largest absolute Gasteiger partial charge is 0.339 e. The van der Waals surface area contributed by atoms with E-state index in [1.54, 1.807) is 12.1 Å². The molecule has 0 spiro atoms. The summed E-state index contributed by atoms with van der Waals surface area (Å²) in [6.45, 7) is 4.08. The van der Waals surface area contributed by atoms with Gasteiger partial charge in [-0.15, -0.1) is 0 Å². The van der Waals surface area contributed by atoms with Gasteiger partial charge in [-0.3, -0.25) is 9.69 Å². The molecule has 1 aromatic rings. The van der Waals surface area contributed by atoms with E-state index in [0.29, 0.717) is 13.1 Å². The highest BCUT2D eigenvalue weighted by Gasteiger charge is 2.17. The molecule has 1 aromatic carbocycles. The molecule has 1 aliphatic heterocycles. The average molecular weight is 297 g/mol. The van der Waals surface area contributed by atoms with Crippen molar-refractivity contribution >= 4 is 5.91 Å². The van der Waals surface area contributed by atoms with Gasteiger partial charge in [0.15, 0.2) is 0 Å². The van der Waals surface area contributed by atoms with Crippen molar-refractivity contribution < 1.29 is 13.6 Å². The van der Waals surface area contributed by atoms with Gasteiger partial charge in [0.05, 0.1) is 6.54 Å². The van der Waals surface area contributed by atoms with Crippen molar-refractivity contribution in [3.8, 4) is 0 Å². The third kappa shape index (κ3) is 4.75. The van der Waals surface area contributed by atoms with Gasteiger partial charge in [0.1, 0.15) is 0 Å². The van der Waals surface area contributed by atoms with Gasteiger partial charge in [-0.05, 0) is 12.6 Å². The van der Waals surface area contributed by atoms with Crippen LogP contribution in [0.2, 0.25) is 0 Å². The molecule has 0 bridgehead atoms. The second-order valence-electron chi connectivity index (χ2n) is 5.35. The Balaban J connectivity index is 1.83. The predicted molar refractivity (Wildman–Crippen MR) is 77.2 cm³/mol. The van der Waals surface area contributed by atoms with E-state index in [4.69, 9.17) is 0 Å².